The van der Waals surface area contributed by atoms with Gasteiger partial charge in [0, 0.05) is 12.6 Å². The van der Waals surface area contributed by atoms with Gasteiger partial charge in [-0.2, -0.15) is 5.26 Å². The van der Waals surface area contributed by atoms with E-state index in [1.807, 2.05) is 62.5 Å². The van der Waals surface area contributed by atoms with Gasteiger partial charge in [-0.15, -0.1) is 10.2 Å². The summed E-state index contributed by atoms with van der Waals surface area (Å²) in [5.74, 6) is 0.448. The molecule has 2 aromatic carbocycles. The lowest BCUT2D eigenvalue weighted by Gasteiger charge is -2.10. The van der Waals surface area contributed by atoms with Crippen LogP contribution in [0.1, 0.15) is 12.6 Å². The molecule has 2 heterocycles. The number of hydrogen-bond donors (Lipinski definition) is 0. The summed E-state index contributed by atoms with van der Waals surface area (Å²) in [7, 11) is 1.83. The highest BCUT2D eigenvalue weighted by molar-refractivity contribution is 8.00. The van der Waals surface area contributed by atoms with Crippen molar-refractivity contribution in [2.24, 2.45) is 7.05 Å². The Balaban J connectivity index is 2.02. The summed E-state index contributed by atoms with van der Waals surface area (Å²) in [5, 5.41) is 18.5. The van der Waals surface area contributed by atoms with Gasteiger partial charge >= 0.3 is 0 Å². The zero-order valence-corrected chi connectivity index (χ0v) is 18.7. The molecule has 9 heteroatoms. The second-order valence-corrected chi connectivity index (χ2v) is 8.64. The lowest BCUT2D eigenvalue weighted by Crippen LogP contribution is -2.22. The summed E-state index contributed by atoms with van der Waals surface area (Å²) in [4.78, 5) is 13.6. The first-order valence-electron chi connectivity index (χ1n) is 9.55. The van der Waals surface area contributed by atoms with E-state index < -0.39 is 0 Å². The first kappa shape index (κ1) is 21.0. The van der Waals surface area contributed by atoms with Gasteiger partial charge in [0.1, 0.15) is 5.69 Å². The molecule has 2 aromatic heterocycles. The number of rotatable bonds is 5. The van der Waals surface area contributed by atoms with Crippen molar-refractivity contribution in [3.8, 4) is 28.8 Å². The lowest BCUT2D eigenvalue weighted by atomic mass is 10.2. The van der Waals surface area contributed by atoms with Gasteiger partial charge in [0.25, 0.3) is 5.56 Å². The smallest absolute Gasteiger partial charge is 0.283 e. The topological polar surface area (TPSA) is 81.4 Å². The highest BCUT2D eigenvalue weighted by Gasteiger charge is 2.26. The Hall–Kier alpha value is -3.28. The molecule has 0 bridgehead atoms. The molecule has 0 saturated heterocycles. The van der Waals surface area contributed by atoms with E-state index in [4.69, 9.17) is 11.6 Å². The Kier molecular flexibility index (Phi) is 5.72. The fourth-order valence-electron chi connectivity index (χ4n) is 3.36. The molecule has 0 spiro atoms. The van der Waals surface area contributed by atoms with Crippen LogP contribution >= 0.6 is 23.4 Å². The maximum atomic E-state index is 13.6. The van der Waals surface area contributed by atoms with Gasteiger partial charge in [-0.05, 0) is 38.1 Å². The van der Waals surface area contributed by atoms with Gasteiger partial charge in [-0.25, -0.2) is 4.68 Å². The van der Waals surface area contributed by atoms with Gasteiger partial charge in [0.2, 0.25) is 0 Å². The Morgan fingerprint density at radius 3 is 2.45 bits per heavy atom. The molecule has 1 unspecified atom stereocenters. The van der Waals surface area contributed by atoms with Gasteiger partial charge in [-0.3, -0.25) is 14.0 Å². The molecule has 7 nitrogen and oxygen atoms in total. The molecular formula is C22H19ClN6OS. The number of halogens is 1. The molecule has 0 saturated carbocycles. The molecular weight excluding hydrogens is 432 g/mol. The van der Waals surface area contributed by atoms with Crippen molar-refractivity contribution in [1.29, 1.82) is 5.26 Å². The van der Waals surface area contributed by atoms with E-state index >= 15 is 0 Å². The summed E-state index contributed by atoms with van der Waals surface area (Å²) < 4.78 is 5.10. The fourth-order valence-corrected chi connectivity index (χ4v) is 4.32. The maximum absolute atomic E-state index is 13.6. The minimum atomic E-state index is -0.373. The van der Waals surface area contributed by atoms with E-state index in [2.05, 4.69) is 16.3 Å². The number of nitrogens with zero attached hydrogens (tertiary/aromatic N) is 6. The second kappa shape index (κ2) is 8.46. The zero-order chi connectivity index (χ0) is 22.1. The average Bonchev–Trinajstić information content (AvgIpc) is 3.26. The third-order valence-electron chi connectivity index (χ3n) is 4.96. The molecule has 0 fully saturated rings. The van der Waals surface area contributed by atoms with E-state index in [9.17, 15) is 10.1 Å². The number of aromatic nitrogens is 5. The van der Waals surface area contributed by atoms with Crippen LogP contribution in [0.3, 0.4) is 0 Å². The Morgan fingerprint density at radius 2 is 1.77 bits per heavy atom. The largest absolute Gasteiger partial charge is 0.296 e. The zero-order valence-electron chi connectivity index (χ0n) is 17.2. The summed E-state index contributed by atoms with van der Waals surface area (Å²) in [6.07, 6.45) is 0. The van der Waals surface area contributed by atoms with Crippen LogP contribution in [-0.2, 0) is 7.05 Å². The first-order chi connectivity index (χ1) is 14.9. The summed E-state index contributed by atoms with van der Waals surface area (Å²) in [6.45, 7) is 3.65. The lowest BCUT2D eigenvalue weighted by molar-refractivity contribution is 0.630. The van der Waals surface area contributed by atoms with Crippen LogP contribution in [0.4, 0.5) is 0 Å². The van der Waals surface area contributed by atoms with Crippen LogP contribution in [-0.4, -0.2) is 29.4 Å². The standard InChI is InChI=1S/C22H19ClN6OS/c1-14(13-24)31-22-26-25-20(17-11-7-8-12-18(17)23)28(22)19-15(2)27(3)29(21(19)30)16-9-5-4-6-10-16/h4-12,14H,1-3H3. The molecule has 0 amide bonds. The molecule has 4 rings (SSSR count). The second-order valence-electron chi connectivity index (χ2n) is 6.92. The van der Waals surface area contributed by atoms with Gasteiger partial charge in [0.05, 0.1) is 27.7 Å². The summed E-state index contributed by atoms with van der Waals surface area (Å²) in [6, 6.07) is 18.9. The van der Waals surface area contributed by atoms with Crippen molar-refractivity contribution in [3.63, 3.8) is 0 Å². The minimum Gasteiger partial charge on any atom is -0.283 e. The predicted molar refractivity (Wildman–Crippen MR) is 122 cm³/mol. The highest BCUT2D eigenvalue weighted by Crippen LogP contribution is 2.33. The molecule has 0 aliphatic heterocycles. The van der Waals surface area contributed by atoms with Crippen LogP contribution in [0, 0.1) is 18.3 Å². The number of para-hydroxylation sites is 1. The summed E-state index contributed by atoms with van der Waals surface area (Å²) in [5.41, 5.74) is 2.33. The Morgan fingerprint density at radius 1 is 1.10 bits per heavy atom. The Bertz CT molecular complexity index is 1350. The molecule has 0 aliphatic rings. The average molecular weight is 451 g/mol. The maximum Gasteiger partial charge on any atom is 0.296 e. The van der Waals surface area contributed by atoms with Gasteiger partial charge in [-0.1, -0.05) is 53.7 Å². The molecule has 0 N–H and O–H groups in total. The van der Waals surface area contributed by atoms with E-state index in [0.717, 1.165) is 11.4 Å². The van der Waals surface area contributed by atoms with Crippen LogP contribution < -0.4 is 5.56 Å². The Labute approximate surface area is 188 Å². The van der Waals surface area contributed by atoms with Crippen LogP contribution in [0.15, 0.2) is 64.5 Å². The van der Waals surface area contributed by atoms with Crippen molar-refractivity contribution < 1.29 is 0 Å². The van der Waals surface area contributed by atoms with Crippen LogP contribution in [0.5, 0.6) is 0 Å². The van der Waals surface area contributed by atoms with Crippen LogP contribution in [0.25, 0.3) is 22.8 Å². The molecule has 4 aromatic rings. The van der Waals surface area contributed by atoms with E-state index in [-0.39, 0.29) is 10.8 Å². The molecule has 31 heavy (non-hydrogen) atoms. The molecule has 1 atom stereocenters. The highest BCUT2D eigenvalue weighted by atomic mass is 35.5. The van der Waals surface area contributed by atoms with Crippen molar-refractivity contribution in [2.45, 2.75) is 24.3 Å². The normalized spacial score (nSPS) is 12.0. The minimum absolute atomic E-state index is 0.217. The van der Waals surface area contributed by atoms with E-state index in [1.165, 1.54) is 11.8 Å². The van der Waals surface area contributed by atoms with Crippen LogP contribution in [0.2, 0.25) is 5.02 Å². The van der Waals surface area contributed by atoms with Crippen molar-refractivity contribution in [2.75, 3.05) is 0 Å². The molecule has 0 radical (unpaired) electrons. The quantitative estimate of drug-likeness (QED) is 0.421. The van der Waals surface area contributed by atoms with E-state index in [1.54, 1.807) is 26.9 Å². The number of hydrogen-bond acceptors (Lipinski definition) is 5. The number of benzene rings is 2. The van der Waals surface area contributed by atoms with E-state index in [0.29, 0.717) is 27.3 Å². The number of nitriles is 1. The third-order valence-corrected chi connectivity index (χ3v) is 6.22. The van der Waals surface area contributed by atoms with Crippen molar-refractivity contribution in [3.05, 3.63) is 75.7 Å². The van der Waals surface area contributed by atoms with Crippen molar-refractivity contribution >= 4 is 23.4 Å². The third kappa shape index (κ3) is 3.67. The SMILES string of the molecule is Cc1c(-n2c(SC(C)C#N)nnc2-c2ccccc2Cl)c(=O)n(-c2ccccc2)n1C. The summed E-state index contributed by atoms with van der Waals surface area (Å²) >= 11 is 7.69. The fraction of sp³-hybridized carbons (Fsp3) is 0.182. The molecule has 0 aliphatic carbocycles. The van der Waals surface area contributed by atoms with Gasteiger partial charge in [0.15, 0.2) is 11.0 Å². The number of thioether (sulfide) groups is 1. The van der Waals surface area contributed by atoms with Gasteiger partial charge < -0.3 is 0 Å². The van der Waals surface area contributed by atoms with Crippen molar-refractivity contribution in [1.82, 2.24) is 24.1 Å². The monoisotopic (exact) mass is 450 g/mol. The first-order valence-corrected chi connectivity index (χ1v) is 10.8. The predicted octanol–water partition coefficient (Wildman–Crippen LogP) is 4.39. The molecule has 156 valence electrons.